The fraction of sp³-hybridized carbons (Fsp3) is 0.389. The van der Waals surface area contributed by atoms with Gasteiger partial charge in [0.05, 0.1) is 7.11 Å². The number of aromatic nitrogens is 2. The minimum atomic E-state index is -0.193. The van der Waals surface area contributed by atoms with Gasteiger partial charge in [0.15, 0.2) is 0 Å². The minimum Gasteiger partial charge on any atom is -0.496 e. The zero-order chi connectivity index (χ0) is 18.1. The van der Waals surface area contributed by atoms with Crippen molar-refractivity contribution in [3.8, 4) is 5.75 Å². The van der Waals surface area contributed by atoms with Gasteiger partial charge in [-0.15, -0.1) is 0 Å². The number of hydrogen-bond donors (Lipinski definition) is 2. The Labute approximate surface area is 148 Å². The molecule has 1 heterocycles. The molecule has 1 amide bonds. The predicted octanol–water partition coefficient (Wildman–Crippen LogP) is 1.78. The third-order valence-electron chi connectivity index (χ3n) is 3.62. The van der Waals surface area contributed by atoms with Crippen LogP contribution in [0.2, 0.25) is 0 Å². The summed E-state index contributed by atoms with van der Waals surface area (Å²) in [6, 6.07) is 9.41. The van der Waals surface area contributed by atoms with Gasteiger partial charge in [-0.25, -0.2) is 9.97 Å². The molecule has 1 aromatic carbocycles. The van der Waals surface area contributed by atoms with E-state index in [0.29, 0.717) is 24.6 Å². The van der Waals surface area contributed by atoms with E-state index >= 15 is 0 Å². The Bertz CT molecular complexity index is 691. The summed E-state index contributed by atoms with van der Waals surface area (Å²) in [4.78, 5) is 22.4. The number of amides is 1. The maximum absolute atomic E-state index is 12.2. The van der Waals surface area contributed by atoms with Gasteiger partial charge >= 0.3 is 0 Å². The van der Waals surface area contributed by atoms with Crippen molar-refractivity contribution in [3.63, 3.8) is 0 Å². The van der Waals surface area contributed by atoms with Crippen LogP contribution in [0.4, 0.5) is 5.82 Å². The summed E-state index contributed by atoms with van der Waals surface area (Å²) in [6.45, 7) is 2.09. The normalized spacial score (nSPS) is 10.6. The molecule has 0 saturated heterocycles. The fourth-order valence-corrected chi connectivity index (χ4v) is 2.30. The Kier molecular flexibility index (Phi) is 7.16. The van der Waals surface area contributed by atoms with Gasteiger partial charge in [0.2, 0.25) is 0 Å². The van der Waals surface area contributed by atoms with Gasteiger partial charge in [0, 0.05) is 24.7 Å². The molecule has 2 rings (SSSR count). The molecule has 1 aromatic heterocycles. The molecular weight excluding hydrogens is 318 g/mol. The number of para-hydroxylation sites is 1. The molecule has 0 aliphatic carbocycles. The summed E-state index contributed by atoms with van der Waals surface area (Å²) in [6.07, 6.45) is 2.28. The Hall–Kier alpha value is -2.67. The molecule has 0 aliphatic rings. The van der Waals surface area contributed by atoms with Crippen LogP contribution in [-0.2, 0) is 6.54 Å². The second kappa shape index (κ2) is 9.58. The lowest BCUT2D eigenvalue weighted by atomic mass is 10.2. The second-order valence-electron chi connectivity index (χ2n) is 5.87. The van der Waals surface area contributed by atoms with Crippen molar-refractivity contribution < 1.29 is 9.53 Å². The molecule has 0 spiro atoms. The minimum absolute atomic E-state index is 0.193. The lowest BCUT2D eigenvalue weighted by Gasteiger charge is -2.11. The topological polar surface area (TPSA) is 79.4 Å². The molecule has 7 nitrogen and oxygen atoms in total. The highest BCUT2D eigenvalue weighted by atomic mass is 16.5. The van der Waals surface area contributed by atoms with Crippen LogP contribution in [0.3, 0.4) is 0 Å². The number of carbonyl (C=O) groups excluding carboxylic acids is 1. The van der Waals surface area contributed by atoms with E-state index in [9.17, 15) is 4.79 Å². The Morgan fingerprint density at radius 3 is 2.80 bits per heavy atom. The van der Waals surface area contributed by atoms with Crippen LogP contribution in [0, 0.1) is 0 Å². The molecule has 0 bridgehead atoms. The third-order valence-corrected chi connectivity index (χ3v) is 3.62. The maximum Gasteiger partial charge on any atom is 0.270 e. The number of anilines is 1. The molecule has 2 N–H and O–H groups in total. The van der Waals surface area contributed by atoms with E-state index in [1.54, 1.807) is 13.2 Å². The van der Waals surface area contributed by atoms with Gasteiger partial charge < -0.3 is 20.3 Å². The Morgan fingerprint density at radius 1 is 1.24 bits per heavy atom. The molecule has 134 valence electrons. The molecule has 0 fully saturated rings. The first-order chi connectivity index (χ1) is 12.1. The molecule has 25 heavy (non-hydrogen) atoms. The summed E-state index contributed by atoms with van der Waals surface area (Å²) in [5.74, 6) is 1.21. The molecule has 0 radical (unpaired) electrons. The summed E-state index contributed by atoms with van der Waals surface area (Å²) < 4.78 is 5.33. The zero-order valence-corrected chi connectivity index (χ0v) is 15.0. The fourth-order valence-electron chi connectivity index (χ4n) is 2.30. The van der Waals surface area contributed by atoms with E-state index in [4.69, 9.17) is 4.74 Å². The van der Waals surface area contributed by atoms with Crippen molar-refractivity contribution in [1.29, 1.82) is 0 Å². The number of carbonyl (C=O) groups is 1. The van der Waals surface area contributed by atoms with Gasteiger partial charge in [-0.1, -0.05) is 18.2 Å². The van der Waals surface area contributed by atoms with Gasteiger partial charge in [0.25, 0.3) is 5.91 Å². The van der Waals surface area contributed by atoms with E-state index < -0.39 is 0 Å². The smallest absolute Gasteiger partial charge is 0.270 e. The average molecular weight is 343 g/mol. The van der Waals surface area contributed by atoms with Crippen molar-refractivity contribution >= 4 is 11.7 Å². The van der Waals surface area contributed by atoms with E-state index in [0.717, 1.165) is 24.3 Å². The van der Waals surface area contributed by atoms with Crippen LogP contribution in [0.15, 0.2) is 36.7 Å². The number of nitrogens with one attached hydrogen (secondary N) is 2. The second-order valence-corrected chi connectivity index (χ2v) is 5.87. The highest BCUT2D eigenvalue weighted by molar-refractivity contribution is 5.92. The predicted molar refractivity (Wildman–Crippen MR) is 97.9 cm³/mol. The molecule has 0 unspecified atom stereocenters. The first kappa shape index (κ1) is 18.7. The van der Waals surface area contributed by atoms with Crippen LogP contribution >= 0.6 is 0 Å². The van der Waals surface area contributed by atoms with Crippen LogP contribution in [0.1, 0.15) is 22.5 Å². The number of hydrogen-bond acceptors (Lipinski definition) is 6. The van der Waals surface area contributed by atoms with Crippen LogP contribution in [0.5, 0.6) is 5.75 Å². The van der Waals surface area contributed by atoms with Crippen molar-refractivity contribution in [1.82, 2.24) is 20.2 Å². The van der Waals surface area contributed by atoms with Crippen LogP contribution in [-0.4, -0.2) is 55.1 Å². The van der Waals surface area contributed by atoms with Crippen molar-refractivity contribution in [2.75, 3.05) is 39.6 Å². The molecule has 0 aliphatic heterocycles. The number of benzene rings is 1. The van der Waals surface area contributed by atoms with Crippen LogP contribution < -0.4 is 15.4 Å². The van der Waals surface area contributed by atoms with Crippen molar-refractivity contribution in [2.24, 2.45) is 0 Å². The Morgan fingerprint density at radius 2 is 2.04 bits per heavy atom. The highest BCUT2D eigenvalue weighted by Gasteiger charge is 2.09. The number of nitrogens with zero attached hydrogens (tertiary/aromatic N) is 3. The molecule has 0 saturated carbocycles. The lowest BCUT2D eigenvalue weighted by Crippen LogP contribution is -2.27. The lowest BCUT2D eigenvalue weighted by molar-refractivity contribution is 0.0947. The summed E-state index contributed by atoms with van der Waals surface area (Å²) in [5, 5.41) is 6.07. The van der Waals surface area contributed by atoms with E-state index in [1.807, 2.05) is 38.4 Å². The Balaban J connectivity index is 1.91. The molecule has 7 heteroatoms. The van der Waals surface area contributed by atoms with Crippen molar-refractivity contribution in [3.05, 3.63) is 47.9 Å². The summed E-state index contributed by atoms with van der Waals surface area (Å²) in [5.41, 5.74) is 1.36. The SMILES string of the molecule is COc1ccccc1CNc1cc(C(=O)NCCCN(C)C)ncn1. The van der Waals surface area contributed by atoms with Crippen LogP contribution in [0.25, 0.3) is 0 Å². The summed E-state index contributed by atoms with van der Waals surface area (Å²) in [7, 11) is 5.65. The molecule has 0 atom stereocenters. The van der Waals surface area contributed by atoms with E-state index in [-0.39, 0.29) is 5.91 Å². The largest absolute Gasteiger partial charge is 0.496 e. The first-order valence-corrected chi connectivity index (χ1v) is 8.21. The number of methoxy groups -OCH3 is 1. The molecular formula is C18H25N5O2. The first-order valence-electron chi connectivity index (χ1n) is 8.21. The molecule has 2 aromatic rings. The van der Waals surface area contributed by atoms with Crippen molar-refractivity contribution in [2.45, 2.75) is 13.0 Å². The van der Waals surface area contributed by atoms with Gasteiger partial charge in [0.1, 0.15) is 23.6 Å². The average Bonchev–Trinajstić information content (AvgIpc) is 2.63. The monoisotopic (exact) mass is 343 g/mol. The van der Waals surface area contributed by atoms with E-state index in [1.165, 1.54) is 6.33 Å². The van der Waals surface area contributed by atoms with Gasteiger partial charge in [-0.05, 0) is 33.1 Å². The maximum atomic E-state index is 12.2. The number of rotatable bonds is 9. The summed E-state index contributed by atoms with van der Waals surface area (Å²) >= 11 is 0. The van der Waals surface area contributed by atoms with Gasteiger partial charge in [-0.2, -0.15) is 0 Å². The quantitative estimate of drug-likeness (QED) is 0.676. The third kappa shape index (κ3) is 6.04. The van der Waals surface area contributed by atoms with E-state index in [2.05, 4.69) is 25.5 Å². The zero-order valence-electron chi connectivity index (χ0n) is 15.0. The number of ether oxygens (including phenoxy) is 1. The standard InChI is InChI=1S/C18H25N5O2/c1-23(2)10-6-9-19-18(24)15-11-17(22-13-21-15)20-12-14-7-4-5-8-16(14)25-3/h4-5,7-8,11,13H,6,9-10,12H2,1-3H3,(H,19,24)(H,20,21,22). The highest BCUT2D eigenvalue weighted by Crippen LogP contribution is 2.18. The van der Waals surface area contributed by atoms with Gasteiger partial charge in [-0.3, -0.25) is 4.79 Å².